The van der Waals surface area contributed by atoms with Crippen LogP contribution in [0.3, 0.4) is 0 Å². The summed E-state index contributed by atoms with van der Waals surface area (Å²) in [6.45, 7) is 5.27. The van der Waals surface area contributed by atoms with Crippen LogP contribution in [0.1, 0.15) is 53.7 Å². The summed E-state index contributed by atoms with van der Waals surface area (Å²) in [6.07, 6.45) is 6.70. The summed E-state index contributed by atoms with van der Waals surface area (Å²) in [5.41, 5.74) is 5.32. The minimum Gasteiger partial charge on any atom is -0.385 e. The van der Waals surface area contributed by atoms with Crippen LogP contribution in [0.15, 0.2) is 30.5 Å². The number of nitrogens with zero attached hydrogens (tertiary/aromatic N) is 6. The van der Waals surface area contributed by atoms with Crippen molar-refractivity contribution in [3.63, 3.8) is 0 Å². The Hall–Kier alpha value is -3.39. The first kappa shape index (κ1) is 30.9. The smallest absolute Gasteiger partial charge is 0.275 e. The van der Waals surface area contributed by atoms with E-state index in [0.717, 1.165) is 75.2 Å². The van der Waals surface area contributed by atoms with Crippen LogP contribution in [0.2, 0.25) is 0 Å². The number of rotatable bonds is 8. The first-order chi connectivity index (χ1) is 22.8. The van der Waals surface area contributed by atoms with Gasteiger partial charge in [0.25, 0.3) is 11.8 Å². The molecule has 6 heterocycles. The fraction of sp³-hybridized carbons (Fsp3) is 0.618. The van der Waals surface area contributed by atoms with Crippen molar-refractivity contribution in [1.82, 2.24) is 35.0 Å². The van der Waals surface area contributed by atoms with E-state index in [1.54, 1.807) is 17.8 Å². The number of nitrogens with one attached hydrogen (secondary N) is 3. The van der Waals surface area contributed by atoms with Gasteiger partial charge in [-0.2, -0.15) is 0 Å². The Morgan fingerprint density at radius 3 is 2.64 bits per heavy atom. The number of ether oxygens (including phenoxy) is 1. The van der Waals surface area contributed by atoms with Crippen LogP contribution in [0.5, 0.6) is 0 Å². The lowest BCUT2D eigenvalue weighted by atomic mass is 9.73. The Morgan fingerprint density at radius 2 is 1.96 bits per heavy atom. The standard InChI is InChI=1S/C34H45F2N9O2/c1-37-25-16-30(41-45-27(17-39-31(25)45)32(46)40-24-6-7-28(24)47-2)44-13-8-23-22(4-3-5-26(23)44)18-42-12-9-29(34(35,36)21-42)43-14-10-33(11-15-43)19-38-20-33/h3-5,16-17,24,28-29,37-38H,6-15,18-21H2,1-2H3,(H,40,46)/t24-,28-,29+/m1/s1. The van der Waals surface area contributed by atoms with Crippen LogP contribution in [-0.2, 0) is 17.7 Å². The minimum absolute atomic E-state index is 0.0227. The number of anilines is 3. The number of imidazole rings is 1. The second-order valence-corrected chi connectivity index (χ2v) is 14.2. The zero-order valence-electron chi connectivity index (χ0n) is 27.3. The number of amides is 1. The third-order valence-electron chi connectivity index (χ3n) is 11.5. The van der Waals surface area contributed by atoms with Gasteiger partial charge in [0, 0.05) is 58.6 Å². The topological polar surface area (TPSA) is 102 Å². The number of piperidine rings is 2. The highest BCUT2D eigenvalue weighted by Gasteiger charge is 2.50. The Morgan fingerprint density at radius 1 is 1.13 bits per heavy atom. The first-order valence-electron chi connectivity index (χ1n) is 17.1. The largest absolute Gasteiger partial charge is 0.385 e. The molecule has 252 valence electrons. The SMILES string of the molecule is CNc1cc(N2CCc3c(CN4CC[C@H](N5CCC6(CC5)CNC6)C(F)(F)C4)cccc32)nn2c(C(=O)N[C@@H]3CC[C@H]3OC)cnc12. The number of halogens is 2. The molecule has 1 aliphatic carbocycles. The van der Waals surface area contributed by atoms with E-state index >= 15 is 8.78 Å². The second-order valence-electron chi connectivity index (χ2n) is 14.2. The number of carbonyl (C=O) groups excluding carboxylic acids is 1. The molecule has 3 N–H and O–H groups in total. The van der Waals surface area contributed by atoms with Gasteiger partial charge in [0.1, 0.15) is 0 Å². The number of aromatic nitrogens is 3. The second kappa shape index (κ2) is 11.9. The van der Waals surface area contributed by atoms with Crippen LogP contribution in [0.4, 0.5) is 26.0 Å². The highest BCUT2D eigenvalue weighted by Crippen LogP contribution is 2.41. The normalized spacial score (nSPS) is 27.0. The lowest BCUT2D eigenvalue weighted by molar-refractivity contribution is -0.139. The number of fused-ring (bicyclic) bond motifs is 2. The van der Waals surface area contributed by atoms with Gasteiger partial charge < -0.3 is 25.6 Å². The molecule has 13 heteroatoms. The van der Waals surface area contributed by atoms with Gasteiger partial charge in [-0.15, -0.1) is 5.10 Å². The van der Waals surface area contributed by atoms with Gasteiger partial charge in [0.15, 0.2) is 17.2 Å². The fourth-order valence-corrected chi connectivity index (χ4v) is 8.44. The van der Waals surface area contributed by atoms with Crippen molar-refractivity contribution >= 4 is 28.7 Å². The molecule has 4 fully saturated rings. The van der Waals surface area contributed by atoms with E-state index in [4.69, 9.17) is 9.84 Å². The number of benzene rings is 1. The molecule has 8 rings (SSSR count). The van der Waals surface area contributed by atoms with Crippen LogP contribution in [0, 0.1) is 5.41 Å². The molecule has 3 saturated heterocycles. The fourth-order valence-electron chi connectivity index (χ4n) is 8.44. The van der Waals surface area contributed by atoms with Gasteiger partial charge in [-0.05, 0) is 74.2 Å². The summed E-state index contributed by atoms with van der Waals surface area (Å²) >= 11 is 0. The summed E-state index contributed by atoms with van der Waals surface area (Å²) in [4.78, 5) is 23.9. The van der Waals surface area contributed by atoms with E-state index in [2.05, 4.69) is 42.9 Å². The van der Waals surface area contributed by atoms with Gasteiger partial charge in [0.05, 0.1) is 36.6 Å². The summed E-state index contributed by atoms with van der Waals surface area (Å²) in [5.74, 6) is -2.29. The highest BCUT2D eigenvalue weighted by molar-refractivity contribution is 5.94. The summed E-state index contributed by atoms with van der Waals surface area (Å²) in [5, 5.41) is 14.6. The molecule has 3 atom stereocenters. The summed E-state index contributed by atoms with van der Waals surface area (Å²) < 4.78 is 38.4. The average molecular weight is 650 g/mol. The number of hydrogen-bond acceptors (Lipinski definition) is 9. The van der Waals surface area contributed by atoms with E-state index in [1.807, 2.05) is 24.1 Å². The van der Waals surface area contributed by atoms with Crippen molar-refractivity contribution in [2.75, 3.05) is 70.2 Å². The third-order valence-corrected chi connectivity index (χ3v) is 11.5. The zero-order chi connectivity index (χ0) is 32.3. The number of likely N-dealkylation sites (tertiary alicyclic amines) is 2. The van der Waals surface area contributed by atoms with E-state index in [1.165, 1.54) is 5.56 Å². The first-order valence-corrected chi connectivity index (χ1v) is 17.1. The van der Waals surface area contributed by atoms with Crippen molar-refractivity contribution < 1.29 is 18.3 Å². The van der Waals surface area contributed by atoms with Crippen molar-refractivity contribution in [2.45, 2.75) is 69.2 Å². The predicted molar refractivity (Wildman–Crippen MR) is 176 cm³/mol. The summed E-state index contributed by atoms with van der Waals surface area (Å²) in [7, 11) is 3.49. The van der Waals surface area contributed by atoms with E-state index in [9.17, 15) is 4.79 Å². The molecule has 0 bridgehead atoms. The molecule has 1 saturated carbocycles. The van der Waals surface area contributed by atoms with Gasteiger partial charge >= 0.3 is 0 Å². The lowest BCUT2D eigenvalue weighted by Gasteiger charge is -2.52. The van der Waals surface area contributed by atoms with Crippen LogP contribution in [0.25, 0.3) is 5.65 Å². The molecule has 5 aliphatic rings. The number of carbonyl (C=O) groups is 1. The monoisotopic (exact) mass is 649 g/mol. The average Bonchev–Trinajstić information content (AvgIpc) is 3.67. The molecule has 1 spiro atoms. The molecular weight excluding hydrogens is 604 g/mol. The third kappa shape index (κ3) is 5.44. The van der Waals surface area contributed by atoms with Crippen LogP contribution in [-0.4, -0.2) is 114 Å². The summed E-state index contributed by atoms with van der Waals surface area (Å²) in [6, 6.07) is 7.41. The molecule has 4 aliphatic heterocycles. The molecule has 47 heavy (non-hydrogen) atoms. The van der Waals surface area contributed by atoms with Crippen molar-refractivity contribution in [1.29, 1.82) is 0 Å². The molecular formula is C34H45F2N9O2. The van der Waals surface area contributed by atoms with E-state index < -0.39 is 12.0 Å². The van der Waals surface area contributed by atoms with Crippen LogP contribution >= 0.6 is 0 Å². The Kier molecular flexibility index (Phi) is 7.85. The van der Waals surface area contributed by atoms with E-state index in [0.29, 0.717) is 48.6 Å². The maximum atomic E-state index is 15.7. The van der Waals surface area contributed by atoms with Gasteiger partial charge in [-0.25, -0.2) is 18.3 Å². The number of methoxy groups -OCH3 is 1. The Balaban J connectivity index is 0.987. The lowest BCUT2D eigenvalue weighted by Crippen LogP contribution is -2.63. The number of hydrogen-bond donors (Lipinski definition) is 3. The molecule has 1 amide bonds. The quantitative estimate of drug-likeness (QED) is 0.340. The molecule has 11 nitrogen and oxygen atoms in total. The molecule has 2 aromatic heterocycles. The molecule has 0 radical (unpaired) electrons. The zero-order valence-corrected chi connectivity index (χ0v) is 27.3. The maximum Gasteiger partial charge on any atom is 0.275 e. The Bertz CT molecular complexity index is 1650. The minimum atomic E-state index is -2.74. The van der Waals surface area contributed by atoms with Gasteiger partial charge in [0.2, 0.25) is 0 Å². The maximum absolute atomic E-state index is 15.7. The Labute approximate surface area is 274 Å². The van der Waals surface area contributed by atoms with Crippen LogP contribution < -0.4 is 20.9 Å². The van der Waals surface area contributed by atoms with Gasteiger partial charge in [-0.3, -0.25) is 14.6 Å². The van der Waals surface area contributed by atoms with Crippen molar-refractivity contribution in [3.8, 4) is 0 Å². The molecule has 3 aromatic rings. The van der Waals surface area contributed by atoms with Gasteiger partial charge in [-0.1, -0.05) is 12.1 Å². The highest BCUT2D eigenvalue weighted by atomic mass is 19.3. The number of alkyl halides is 2. The van der Waals surface area contributed by atoms with E-state index in [-0.39, 0.29) is 24.6 Å². The van der Waals surface area contributed by atoms with Crippen molar-refractivity contribution in [3.05, 3.63) is 47.3 Å². The molecule has 1 aromatic carbocycles. The predicted octanol–water partition coefficient (Wildman–Crippen LogP) is 3.27. The van der Waals surface area contributed by atoms with Crippen molar-refractivity contribution in [2.24, 2.45) is 5.41 Å². The molecule has 0 unspecified atom stereocenters.